The number of hydrogen-bond acceptors (Lipinski definition) is 6. The van der Waals surface area contributed by atoms with Crippen molar-refractivity contribution in [2.24, 2.45) is 4.99 Å². The van der Waals surface area contributed by atoms with Crippen LogP contribution in [0, 0.1) is 6.92 Å². The molecule has 0 radical (unpaired) electrons. The highest BCUT2D eigenvalue weighted by Crippen LogP contribution is 2.38. The van der Waals surface area contributed by atoms with E-state index in [0.717, 1.165) is 22.2 Å². The Bertz CT molecular complexity index is 751. The molecule has 0 aliphatic heterocycles. The van der Waals surface area contributed by atoms with Gasteiger partial charge in [0.15, 0.2) is 17.5 Å². The minimum absolute atomic E-state index is 0.540. The zero-order chi connectivity index (χ0) is 19.8. The van der Waals surface area contributed by atoms with Crippen LogP contribution in [0.2, 0.25) is 0 Å². The Labute approximate surface area is 165 Å². The van der Waals surface area contributed by atoms with Crippen molar-refractivity contribution in [1.82, 2.24) is 15.2 Å². The lowest BCUT2D eigenvalue weighted by Gasteiger charge is -2.22. The SMILES string of the molecule is CCOc1c(OC)cc(CNC(=NC)N(C)Cc2csc(C)n2)cc1OC. The molecule has 2 rings (SSSR count). The van der Waals surface area contributed by atoms with E-state index in [1.54, 1.807) is 32.6 Å². The molecule has 1 aromatic heterocycles. The Morgan fingerprint density at radius 2 is 1.93 bits per heavy atom. The number of methoxy groups -OCH3 is 2. The molecule has 8 heteroatoms. The molecule has 27 heavy (non-hydrogen) atoms. The smallest absolute Gasteiger partial charge is 0.203 e. The normalized spacial score (nSPS) is 11.3. The summed E-state index contributed by atoms with van der Waals surface area (Å²) in [4.78, 5) is 10.9. The third-order valence-corrected chi connectivity index (χ3v) is 4.72. The Hall–Kier alpha value is -2.48. The number of benzene rings is 1. The molecular formula is C19H28N4O3S. The molecule has 0 saturated heterocycles. The zero-order valence-electron chi connectivity index (χ0n) is 16.8. The molecule has 148 valence electrons. The van der Waals surface area contributed by atoms with Crippen molar-refractivity contribution in [3.8, 4) is 17.2 Å². The van der Waals surface area contributed by atoms with Gasteiger partial charge in [-0.25, -0.2) is 4.98 Å². The Balaban J connectivity index is 2.09. The standard InChI is InChI=1S/C19H28N4O3S/c1-7-26-18-16(24-5)8-14(9-17(18)25-6)10-21-19(20-3)23(4)11-15-12-27-13(2)22-15/h8-9,12H,7,10-11H2,1-6H3,(H,20,21). The van der Waals surface area contributed by atoms with Crippen molar-refractivity contribution in [3.05, 3.63) is 33.8 Å². The van der Waals surface area contributed by atoms with E-state index >= 15 is 0 Å². The monoisotopic (exact) mass is 392 g/mol. The maximum absolute atomic E-state index is 5.65. The quantitative estimate of drug-likeness (QED) is 0.550. The van der Waals surface area contributed by atoms with Crippen molar-refractivity contribution in [2.45, 2.75) is 26.9 Å². The highest BCUT2D eigenvalue weighted by atomic mass is 32.1. The average Bonchev–Trinajstić information content (AvgIpc) is 3.07. The molecule has 0 unspecified atom stereocenters. The van der Waals surface area contributed by atoms with Crippen LogP contribution in [0.15, 0.2) is 22.5 Å². The van der Waals surface area contributed by atoms with Gasteiger partial charge in [0.25, 0.3) is 0 Å². The number of hydrogen-bond donors (Lipinski definition) is 1. The predicted octanol–water partition coefficient (Wildman–Crippen LogP) is 3.07. The summed E-state index contributed by atoms with van der Waals surface area (Å²) >= 11 is 1.65. The first kappa shape index (κ1) is 20.8. The molecule has 1 aromatic carbocycles. The van der Waals surface area contributed by atoms with Gasteiger partial charge in [-0.2, -0.15) is 0 Å². The Morgan fingerprint density at radius 1 is 1.26 bits per heavy atom. The fraction of sp³-hybridized carbons (Fsp3) is 0.474. The van der Waals surface area contributed by atoms with Gasteiger partial charge in [-0.15, -0.1) is 11.3 Å². The van der Waals surface area contributed by atoms with Gasteiger partial charge in [0, 0.05) is 26.0 Å². The molecule has 0 aliphatic carbocycles. The minimum atomic E-state index is 0.540. The van der Waals surface area contributed by atoms with Gasteiger partial charge in [-0.1, -0.05) is 0 Å². The fourth-order valence-electron chi connectivity index (χ4n) is 2.69. The topological polar surface area (TPSA) is 68.2 Å². The summed E-state index contributed by atoms with van der Waals surface area (Å²) in [5, 5.41) is 6.50. The second-order valence-corrected chi connectivity index (χ2v) is 6.94. The van der Waals surface area contributed by atoms with Gasteiger partial charge in [0.2, 0.25) is 5.75 Å². The first-order valence-electron chi connectivity index (χ1n) is 8.72. The molecular weight excluding hydrogens is 364 g/mol. The van der Waals surface area contributed by atoms with Crippen LogP contribution in [-0.2, 0) is 13.1 Å². The molecule has 1 N–H and O–H groups in total. The second-order valence-electron chi connectivity index (χ2n) is 5.88. The summed E-state index contributed by atoms with van der Waals surface area (Å²) in [5.41, 5.74) is 2.04. The highest BCUT2D eigenvalue weighted by molar-refractivity contribution is 7.09. The summed E-state index contributed by atoms with van der Waals surface area (Å²) < 4.78 is 16.6. The van der Waals surface area contributed by atoms with Crippen LogP contribution in [0.4, 0.5) is 0 Å². The number of aryl methyl sites for hydroxylation is 1. The minimum Gasteiger partial charge on any atom is -0.493 e. The van der Waals surface area contributed by atoms with E-state index in [0.29, 0.717) is 36.9 Å². The fourth-order valence-corrected chi connectivity index (χ4v) is 3.29. The van der Waals surface area contributed by atoms with Gasteiger partial charge in [0.05, 0.1) is 38.1 Å². The van der Waals surface area contributed by atoms with Crippen LogP contribution in [-0.4, -0.2) is 50.8 Å². The Kier molecular flexibility index (Phi) is 7.72. The van der Waals surface area contributed by atoms with Gasteiger partial charge < -0.3 is 24.4 Å². The van der Waals surface area contributed by atoms with Crippen molar-refractivity contribution in [3.63, 3.8) is 0 Å². The van der Waals surface area contributed by atoms with E-state index in [1.807, 2.05) is 37.9 Å². The third-order valence-electron chi connectivity index (χ3n) is 3.90. The van der Waals surface area contributed by atoms with Gasteiger partial charge in [-0.05, 0) is 31.5 Å². The van der Waals surface area contributed by atoms with E-state index in [2.05, 4.69) is 20.7 Å². The molecule has 0 fully saturated rings. The van der Waals surface area contributed by atoms with Gasteiger partial charge in [0.1, 0.15) is 0 Å². The van der Waals surface area contributed by atoms with Crippen molar-refractivity contribution >= 4 is 17.3 Å². The highest BCUT2D eigenvalue weighted by Gasteiger charge is 2.15. The van der Waals surface area contributed by atoms with E-state index in [4.69, 9.17) is 14.2 Å². The predicted molar refractivity (Wildman–Crippen MR) is 109 cm³/mol. The summed E-state index contributed by atoms with van der Waals surface area (Å²) in [5.74, 6) is 2.70. The number of ether oxygens (including phenoxy) is 3. The van der Waals surface area contributed by atoms with Gasteiger partial charge >= 0.3 is 0 Å². The van der Waals surface area contributed by atoms with Crippen LogP contribution in [0.5, 0.6) is 17.2 Å². The van der Waals surface area contributed by atoms with E-state index in [1.165, 1.54) is 0 Å². The molecule has 7 nitrogen and oxygen atoms in total. The lowest BCUT2D eigenvalue weighted by atomic mass is 10.1. The lowest BCUT2D eigenvalue weighted by molar-refractivity contribution is 0.288. The lowest BCUT2D eigenvalue weighted by Crippen LogP contribution is -2.38. The zero-order valence-corrected chi connectivity index (χ0v) is 17.6. The molecule has 1 heterocycles. The summed E-state index contributed by atoms with van der Waals surface area (Å²) in [6.45, 7) is 5.75. The van der Waals surface area contributed by atoms with Crippen molar-refractivity contribution < 1.29 is 14.2 Å². The second kappa shape index (κ2) is 10.0. The van der Waals surface area contributed by atoms with Crippen molar-refractivity contribution in [2.75, 3.05) is 34.9 Å². The molecule has 0 spiro atoms. The molecule has 2 aromatic rings. The summed E-state index contributed by atoms with van der Waals surface area (Å²) in [7, 11) is 7.00. The van der Waals surface area contributed by atoms with Crippen LogP contribution in [0.25, 0.3) is 0 Å². The molecule has 0 atom stereocenters. The van der Waals surface area contributed by atoms with Crippen LogP contribution in [0.1, 0.15) is 23.2 Å². The largest absolute Gasteiger partial charge is 0.493 e. The number of rotatable bonds is 8. The maximum atomic E-state index is 5.65. The van der Waals surface area contributed by atoms with E-state index in [-0.39, 0.29) is 0 Å². The first-order chi connectivity index (χ1) is 13.0. The first-order valence-corrected chi connectivity index (χ1v) is 9.60. The van der Waals surface area contributed by atoms with Gasteiger partial charge in [-0.3, -0.25) is 4.99 Å². The van der Waals surface area contributed by atoms with Crippen LogP contribution >= 0.6 is 11.3 Å². The van der Waals surface area contributed by atoms with Crippen LogP contribution < -0.4 is 19.5 Å². The maximum Gasteiger partial charge on any atom is 0.203 e. The number of thiazole rings is 1. The molecule has 0 aliphatic rings. The van der Waals surface area contributed by atoms with Crippen molar-refractivity contribution in [1.29, 1.82) is 0 Å². The average molecular weight is 393 g/mol. The Morgan fingerprint density at radius 3 is 2.41 bits per heavy atom. The number of aromatic nitrogens is 1. The summed E-state index contributed by atoms with van der Waals surface area (Å²) in [6.07, 6.45) is 0. The summed E-state index contributed by atoms with van der Waals surface area (Å²) in [6, 6.07) is 3.88. The third kappa shape index (κ3) is 5.50. The van der Waals surface area contributed by atoms with E-state index in [9.17, 15) is 0 Å². The number of guanidine groups is 1. The number of nitrogens with one attached hydrogen (secondary N) is 1. The molecule has 0 amide bonds. The molecule has 0 saturated carbocycles. The molecule has 0 bridgehead atoms. The number of aliphatic imine (C=N–C) groups is 1. The number of nitrogens with zero attached hydrogens (tertiary/aromatic N) is 3. The van der Waals surface area contributed by atoms with E-state index < -0.39 is 0 Å². The van der Waals surface area contributed by atoms with Crippen LogP contribution in [0.3, 0.4) is 0 Å².